The Bertz CT molecular complexity index is 3450. The van der Waals surface area contributed by atoms with Crippen molar-refractivity contribution in [3.63, 3.8) is 0 Å². The van der Waals surface area contributed by atoms with Crippen LogP contribution in [0.2, 0.25) is 10.0 Å². The van der Waals surface area contributed by atoms with E-state index in [9.17, 15) is 0 Å². The summed E-state index contributed by atoms with van der Waals surface area (Å²) in [5.41, 5.74) is 12.6. The molecule has 0 bridgehead atoms. The largest absolute Gasteiger partial charge is 0.309 e. The van der Waals surface area contributed by atoms with E-state index >= 15 is 0 Å². The highest BCUT2D eigenvalue weighted by Crippen LogP contribution is 2.49. The number of anilines is 6. The smallest absolute Gasteiger partial charge is 0.0888 e. The predicted molar refractivity (Wildman–Crippen MR) is 314 cm³/mol. The minimum Gasteiger partial charge on any atom is -0.309 e. The summed E-state index contributed by atoms with van der Waals surface area (Å²) in [6.07, 6.45) is 0. The van der Waals surface area contributed by atoms with E-state index in [4.69, 9.17) is 23.2 Å². The van der Waals surface area contributed by atoms with E-state index in [1.807, 2.05) is 36.4 Å². The SMILES string of the molecule is Clc1c(Br)cc(-n2c3ccccc3c3ccccc32)cc1Br.Clc1c(N(c2ccccc2)c2ccccc2)cc(-n2c3ccccc3c3ccccc32)cc1N(c1ccccc1)c1ccccc1.I.[HH]. The molecule has 0 atom stereocenters. The summed E-state index contributed by atoms with van der Waals surface area (Å²) in [7, 11) is 0. The fraction of sp³-hybridized carbons (Fsp3) is 0. The topological polar surface area (TPSA) is 16.3 Å². The summed E-state index contributed by atoms with van der Waals surface area (Å²) in [6, 6.07) is 84.4. The normalized spacial score (nSPS) is 11.1. The van der Waals surface area contributed by atoms with Crippen LogP contribution in [0, 0.1) is 0 Å². The van der Waals surface area contributed by atoms with Crippen LogP contribution in [0.3, 0.4) is 0 Å². The maximum absolute atomic E-state index is 7.68. The number of aromatic nitrogens is 2. The first kappa shape index (κ1) is 46.4. The van der Waals surface area contributed by atoms with E-state index in [1.165, 1.54) is 32.6 Å². The highest BCUT2D eigenvalue weighted by molar-refractivity contribution is 14.0. The van der Waals surface area contributed by atoms with Gasteiger partial charge in [0.05, 0.1) is 49.2 Å². The summed E-state index contributed by atoms with van der Waals surface area (Å²) < 4.78 is 6.37. The minimum absolute atomic E-state index is 0. The monoisotopic (exact) mass is 1170 g/mol. The van der Waals surface area contributed by atoms with Crippen LogP contribution in [0.15, 0.2) is 252 Å². The van der Waals surface area contributed by atoms with Crippen LogP contribution in [-0.4, -0.2) is 9.13 Å². The lowest BCUT2D eigenvalue weighted by atomic mass is 10.1. The lowest BCUT2D eigenvalue weighted by Gasteiger charge is -2.32. The Labute approximate surface area is 446 Å². The molecule has 12 rings (SSSR count). The van der Waals surface area contributed by atoms with Crippen LogP contribution >= 0.6 is 79.0 Å². The molecular formula is C60H43Br2Cl2IN4. The van der Waals surface area contributed by atoms with Gasteiger partial charge in [-0.05, 0) is 129 Å². The molecule has 0 saturated carbocycles. The van der Waals surface area contributed by atoms with E-state index < -0.39 is 0 Å². The van der Waals surface area contributed by atoms with Gasteiger partial charge >= 0.3 is 0 Å². The molecule has 12 aromatic rings. The number of fused-ring (bicyclic) bond motifs is 6. The molecule has 0 fully saturated rings. The quantitative estimate of drug-likeness (QED) is 0.111. The molecule has 0 unspecified atom stereocenters. The highest BCUT2D eigenvalue weighted by Gasteiger charge is 2.25. The van der Waals surface area contributed by atoms with Crippen molar-refractivity contribution < 1.29 is 1.43 Å². The number of hydrogen-bond donors (Lipinski definition) is 0. The second-order valence-electron chi connectivity index (χ2n) is 16.3. The summed E-state index contributed by atoms with van der Waals surface area (Å²) in [4.78, 5) is 4.49. The molecule has 0 saturated heterocycles. The molecule has 0 spiro atoms. The van der Waals surface area contributed by atoms with Gasteiger partial charge in [-0.3, -0.25) is 0 Å². The lowest BCUT2D eigenvalue weighted by molar-refractivity contribution is 1.16. The molecule has 0 aliphatic heterocycles. The van der Waals surface area contributed by atoms with Crippen molar-refractivity contribution >= 4 is 157 Å². The van der Waals surface area contributed by atoms with E-state index in [0.717, 1.165) is 65.5 Å². The lowest BCUT2D eigenvalue weighted by Crippen LogP contribution is -2.15. The van der Waals surface area contributed by atoms with Crippen molar-refractivity contribution in [2.24, 2.45) is 0 Å². The number of nitrogens with zero attached hydrogens (tertiary/aromatic N) is 4. The third kappa shape index (κ3) is 8.83. The second kappa shape index (κ2) is 20.3. The molecule has 0 radical (unpaired) electrons. The van der Waals surface area contributed by atoms with Crippen LogP contribution in [0.4, 0.5) is 34.1 Å². The third-order valence-electron chi connectivity index (χ3n) is 12.2. The molecule has 9 heteroatoms. The van der Waals surface area contributed by atoms with Crippen molar-refractivity contribution in [2.75, 3.05) is 9.80 Å². The standard InChI is InChI=1S/C42H30ClN3.C18H10Br2ClN.HI.H2/c43-42-40(44(31-17-5-1-6-18-31)32-19-7-2-8-20-32)29-35(46-38-27-15-13-25-36(38)37-26-14-16-28-39(37)46)30-41(42)45(33-21-9-3-10-22-33)34-23-11-4-12-24-34;19-14-9-11(10-15(20)18(14)21)22-16-7-3-1-5-12(16)13-6-2-4-8-17(13)22;;/h1-30H;1-10H;2*1H. The summed E-state index contributed by atoms with van der Waals surface area (Å²) in [5.74, 6) is 0. The Kier molecular flexibility index (Phi) is 13.7. The molecule has 2 aromatic heterocycles. The molecule has 0 aliphatic rings. The van der Waals surface area contributed by atoms with Crippen LogP contribution in [-0.2, 0) is 0 Å². The van der Waals surface area contributed by atoms with Crippen LogP contribution in [0.1, 0.15) is 1.43 Å². The fourth-order valence-corrected chi connectivity index (χ4v) is 10.8. The predicted octanol–water partition coefficient (Wildman–Crippen LogP) is 20.2. The molecular weight excluding hydrogens is 1130 g/mol. The zero-order valence-corrected chi connectivity index (χ0v) is 43.8. The van der Waals surface area contributed by atoms with Gasteiger partial charge in [-0.15, -0.1) is 24.0 Å². The van der Waals surface area contributed by atoms with Gasteiger partial charge in [0.15, 0.2) is 0 Å². The zero-order valence-electron chi connectivity index (χ0n) is 36.8. The molecule has 0 aliphatic carbocycles. The molecule has 2 heterocycles. The van der Waals surface area contributed by atoms with E-state index in [1.54, 1.807) is 0 Å². The van der Waals surface area contributed by atoms with Gasteiger partial charge in [0.1, 0.15) is 0 Å². The van der Waals surface area contributed by atoms with Crippen molar-refractivity contribution in [3.8, 4) is 11.4 Å². The van der Waals surface area contributed by atoms with Gasteiger partial charge in [0, 0.05) is 60.4 Å². The Balaban J connectivity index is 0.000000213. The van der Waals surface area contributed by atoms with Crippen molar-refractivity contribution in [3.05, 3.63) is 262 Å². The van der Waals surface area contributed by atoms with E-state index in [0.29, 0.717) is 10.0 Å². The Morgan fingerprint density at radius 3 is 0.855 bits per heavy atom. The van der Waals surface area contributed by atoms with Crippen LogP contribution < -0.4 is 9.80 Å². The second-order valence-corrected chi connectivity index (χ2v) is 18.7. The van der Waals surface area contributed by atoms with Gasteiger partial charge in [-0.1, -0.05) is 169 Å². The maximum atomic E-state index is 7.68. The van der Waals surface area contributed by atoms with Crippen molar-refractivity contribution in [1.82, 2.24) is 9.13 Å². The summed E-state index contributed by atoms with van der Waals surface area (Å²) >= 11 is 21.0. The van der Waals surface area contributed by atoms with Gasteiger partial charge in [-0.25, -0.2) is 0 Å². The van der Waals surface area contributed by atoms with Crippen molar-refractivity contribution in [1.29, 1.82) is 0 Å². The average Bonchev–Trinajstić information content (AvgIpc) is 3.91. The number of benzene rings is 10. The van der Waals surface area contributed by atoms with Gasteiger partial charge in [0.25, 0.3) is 0 Å². The number of halogens is 5. The highest BCUT2D eigenvalue weighted by atomic mass is 127. The zero-order chi connectivity index (χ0) is 46.1. The first-order valence-electron chi connectivity index (χ1n) is 22.2. The first-order valence-corrected chi connectivity index (χ1v) is 24.5. The Morgan fingerprint density at radius 2 is 0.565 bits per heavy atom. The average molecular weight is 1180 g/mol. The summed E-state index contributed by atoms with van der Waals surface area (Å²) in [5, 5.41) is 6.25. The van der Waals surface area contributed by atoms with Crippen molar-refractivity contribution in [2.45, 2.75) is 0 Å². The Hall–Kier alpha value is -6.33. The van der Waals surface area contributed by atoms with E-state index in [2.05, 4.69) is 257 Å². The van der Waals surface area contributed by atoms with Gasteiger partial charge in [0.2, 0.25) is 0 Å². The maximum Gasteiger partial charge on any atom is 0.0888 e. The van der Waals surface area contributed by atoms with Gasteiger partial charge in [-0.2, -0.15) is 0 Å². The molecule has 69 heavy (non-hydrogen) atoms. The van der Waals surface area contributed by atoms with Gasteiger partial charge < -0.3 is 18.9 Å². The third-order valence-corrected chi connectivity index (χ3v) is 14.7. The number of para-hydroxylation sites is 8. The number of hydrogen-bond acceptors (Lipinski definition) is 2. The Morgan fingerprint density at radius 1 is 0.319 bits per heavy atom. The minimum atomic E-state index is 0. The molecule has 338 valence electrons. The summed E-state index contributed by atoms with van der Waals surface area (Å²) in [6.45, 7) is 0. The molecule has 4 nitrogen and oxygen atoms in total. The van der Waals surface area contributed by atoms with Crippen LogP contribution in [0.5, 0.6) is 0 Å². The van der Waals surface area contributed by atoms with Crippen LogP contribution in [0.25, 0.3) is 55.0 Å². The molecule has 0 N–H and O–H groups in total. The molecule has 10 aromatic carbocycles. The fourth-order valence-electron chi connectivity index (χ4n) is 9.27. The number of rotatable bonds is 8. The molecule has 0 amide bonds. The first-order chi connectivity index (χ1) is 33.4. The van der Waals surface area contributed by atoms with E-state index in [-0.39, 0.29) is 25.4 Å².